The highest BCUT2D eigenvalue weighted by molar-refractivity contribution is 5.20. The Morgan fingerprint density at radius 3 is 2.57 bits per heavy atom. The van der Waals surface area contributed by atoms with E-state index in [2.05, 4.69) is 66.6 Å². The van der Waals surface area contributed by atoms with Crippen LogP contribution in [0.3, 0.4) is 0 Å². The van der Waals surface area contributed by atoms with Gasteiger partial charge in [-0.2, -0.15) is 0 Å². The fourth-order valence-corrected chi connectivity index (χ4v) is 1.69. The zero-order valence-electron chi connectivity index (χ0n) is 8.43. The first-order valence-electron chi connectivity index (χ1n) is 5.02. The van der Waals surface area contributed by atoms with Crippen molar-refractivity contribution in [3.8, 4) is 0 Å². The van der Waals surface area contributed by atoms with E-state index in [1.54, 1.807) is 0 Å². The van der Waals surface area contributed by atoms with E-state index in [1.165, 1.54) is 5.56 Å². The molecular weight excluding hydrogens is 170 g/mol. The molecule has 0 aromatic heterocycles. The van der Waals surface area contributed by atoms with Crippen molar-refractivity contribution in [1.82, 2.24) is 4.90 Å². The molecule has 0 N–H and O–H groups in total. The molecule has 1 atom stereocenters. The monoisotopic (exact) mass is 185 g/mol. The van der Waals surface area contributed by atoms with Crippen LogP contribution in [0.15, 0.2) is 54.8 Å². The first kappa shape index (κ1) is 9.07. The highest BCUT2D eigenvalue weighted by Gasteiger charge is 2.10. The molecule has 0 aliphatic carbocycles. The summed E-state index contributed by atoms with van der Waals surface area (Å²) in [6.07, 6.45) is 8.51. The van der Waals surface area contributed by atoms with Gasteiger partial charge in [0.05, 0.1) is 6.04 Å². The van der Waals surface area contributed by atoms with E-state index in [9.17, 15) is 0 Å². The van der Waals surface area contributed by atoms with E-state index in [-0.39, 0.29) is 0 Å². The molecule has 0 spiro atoms. The van der Waals surface area contributed by atoms with Gasteiger partial charge in [0.25, 0.3) is 0 Å². The summed E-state index contributed by atoms with van der Waals surface area (Å²) in [6.45, 7) is 3.24. The Morgan fingerprint density at radius 2 is 1.93 bits per heavy atom. The van der Waals surface area contributed by atoms with Gasteiger partial charge in [-0.3, -0.25) is 0 Å². The van der Waals surface area contributed by atoms with E-state index in [1.807, 2.05) is 0 Å². The van der Waals surface area contributed by atoms with E-state index >= 15 is 0 Å². The minimum absolute atomic E-state index is 0.456. The van der Waals surface area contributed by atoms with Crippen LogP contribution in [0, 0.1) is 0 Å². The van der Waals surface area contributed by atoms with E-state index < -0.39 is 0 Å². The minimum Gasteiger partial charge on any atom is -0.367 e. The first-order valence-corrected chi connectivity index (χ1v) is 5.02. The van der Waals surface area contributed by atoms with Crippen LogP contribution < -0.4 is 0 Å². The molecule has 1 heterocycles. The second kappa shape index (κ2) is 4.14. The number of hydrogen-bond donors (Lipinski definition) is 0. The lowest BCUT2D eigenvalue weighted by molar-refractivity contribution is 0.326. The summed E-state index contributed by atoms with van der Waals surface area (Å²) in [7, 11) is 0. The predicted molar refractivity (Wildman–Crippen MR) is 59.8 cm³/mol. The lowest BCUT2D eigenvalue weighted by atomic mass is 10.1. The van der Waals surface area contributed by atoms with Crippen molar-refractivity contribution in [3.63, 3.8) is 0 Å². The molecule has 1 heteroatoms. The molecule has 1 nitrogen and oxygen atoms in total. The van der Waals surface area contributed by atoms with Gasteiger partial charge in [0.15, 0.2) is 0 Å². The SMILES string of the molecule is C[C@@H](c1ccccc1)N1C=CC=CC1. The number of rotatable bonds is 2. The Morgan fingerprint density at radius 1 is 1.14 bits per heavy atom. The molecule has 2 rings (SSSR count). The Bertz CT molecular complexity index is 338. The molecule has 0 radical (unpaired) electrons. The van der Waals surface area contributed by atoms with Gasteiger partial charge in [-0.05, 0) is 24.8 Å². The Hall–Kier alpha value is -1.50. The van der Waals surface area contributed by atoms with Crippen molar-refractivity contribution < 1.29 is 0 Å². The lowest BCUT2D eigenvalue weighted by Gasteiger charge is -2.28. The first-order chi connectivity index (χ1) is 6.88. The van der Waals surface area contributed by atoms with E-state index in [0.29, 0.717) is 6.04 Å². The summed E-state index contributed by atoms with van der Waals surface area (Å²) in [5.74, 6) is 0. The van der Waals surface area contributed by atoms with Gasteiger partial charge in [0, 0.05) is 6.54 Å². The van der Waals surface area contributed by atoms with Crippen molar-refractivity contribution in [3.05, 3.63) is 60.3 Å². The maximum atomic E-state index is 2.33. The van der Waals surface area contributed by atoms with Gasteiger partial charge in [-0.15, -0.1) is 0 Å². The number of nitrogens with zero attached hydrogens (tertiary/aromatic N) is 1. The number of hydrogen-bond acceptors (Lipinski definition) is 1. The van der Waals surface area contributed by atoms with Crippen molar-refractivity contribution in [2.75, 3.05) is 6.54 Å². The van der Waals surface area contributed by atoms with Gasteiger partial charge in [-0.25, -0.2) is 0 Å². The van der Waals surface area contributed by atoms with Crippen molar-refractivity contribution in [2.24, 2.45) is 0 Å². The molecule has 0 fully saturated rings. The molecule has 14 heavy (non-hydrogen) atoms. The quantitative estimate of drug-likeness (QED) is 0.684. The van der Waals surface area contributed by atoms with Crippen molar-refractivity contribution in [2.45, 2.75) is 13.0 Å². The average Bonchev–Trinajstić information content (AvgIpc) is 2.30. The summed E-state index contributed by atoms with van der Waals surface area (Å²) >= 11 is 0. The van der Waals surface area contributed by atoms with Crippen LogP contribution in [0.4, 0.5) is 0 Å². The van der Waals surface area contributed by atoms with Crippen LogP contribution in [0.2, 0.25) is 0 Å². The summed E-state index contributed by atoms with van der Waals surface area (Å²) in [4.78, 5) is 2.33. The molecule has 72 valence electrons. The topological polar surface area (TPSA) is 3.24 Å². The highest BCUT2D eigenvalue weighted by atomic mass is 15.1. The number of allylic oxidation sites excluding steroid dienone is 2. The molecule has 0 saturated heterocycles. The van der Waals surface area contributed by atoms with Gasteiger partial charge < -0.3 is 4.90 Å². The maximum absolute atomic E-state index is 2.33. The van der Waals surface area contributed by atoms with Gasteiger partial charge in [-0.1, -0.05) is 42.5 Å². The molecule has 1 aliphatic heterocycles. The molecule has 0 bridgehead atoms. The Kier molecular flexibility index (Phi) is 2.68. The zero-order chi connectivity index (χ0) is 9.80. The highest BCUT2D eigenvalue weighted by Crippen LogP contribution is 2.20. The lowest BCUT2D eigenvalue weighted by Crippen LogP contribution is -2.22. The van der Waals surface area contributed by atoms with Crippen LogP contribution in [-0.4, -0.2) is 11.4 Å². The van der Waals surface area contributed by atoms with E-state index in [4.69, 9.17) is 0 Å². The maximum Gasteiger partial charge on any atom is 0.0512 e. The smallest absolute Gasteiger partial charge is 0.0512 e. The third kappa shape index (κ3) is 1.87. The fraction of sp³-hybridized carbons (Fsp3) is 0.231. The molecule has 0 saturated carbocycles. The normalized spacial score (nSPS) is 17.1. The van der Waals surface area contributed by atoms with Crippen LogP contribution in [0.25, 0.3) is 0 Å². The van der Waals surface area contributed by atoms with Crippen LogP contribution in [-0.2, 0) is 0 Å². The van der Waals surface area contributed by atoms with Crippen LogP contribution >= 0.6 is 0 Å². The second-order valence-electron chi connectivity index (χ2n) is 3.55. The standard InChI is InChI=1S/C13H15N/c1-12(13-8-4-2-5-9-13)14-10-6-3-7-11-14/h2-10,12H,11H2,1H3/t12-/m0/s1. The summed E-state index contributed by atoms with van der Waals surface area (Å²) in [5.41, 5.74) is 1.37. The Labute approximate surface area is 85.4 Å². The van der Waals surface area contributed by atoms with Crippen LogP contribution in [0.5, 0.6) is 0 Å². The Balaban J connectivity index is 2.12. The minimum atomic E-state index is 0.456. The zero-order valence-corrected chi connectivity index (χ0v) is 8.43. The second-order valence-corrected chi connectivity index (χ2v) is 3.55. The third-order valence-electron chi connectivity index (χ3n) is 2.62. The predicted octanol–water partition coefficient (Wildman–Crippen LogP) is 3.13. The fourth-order valence-electron chi connectivity index (χ4n) is 1.69. The third-order valence-corrected chi connectivity index (χ3v) is 2.62. The molecular formula is C13H15N. The molecule has 0 amide bonds. The average molecular weight is 185 g/mol. The van der Waals surface area contributed by atoms with Gasteiger partial charge in [0.2, 0.25) is 0 Å². The van der Waals surface area contributed by atoms with Gasteiger partial charge >= 0.3 is 0 Å². The van der Waals surface area contributed by atoms with Crippen molar-refractivity contribution >= 4 is 0 Å². The van der Waals surface area contributed by atoms with Crippen LogP contribution in [0.1, 0.15) is 18.5 Å². The molecule has 1 aliphatic rings. The summed E-state index contributed by atoms with van der Waals surface area (Å²) < 4.78 is 0. The van der Waals surface area contributed by atoms with Gasteiger partial charge in [0.1, 0.15) is 0 Å². The van der Waals surface area contributed by atoms with E-state index in [0.717, 1.165) is 6.54 Å². The summed E-state index contributed by atoms with van der Waals surface area (Å²) in [5, 5.41) is 0. The largest absolute Gasteiger partial charge is 0.367 e. The summed E-state index contributed by atoms with van der Waals surface area (Å²) in [6, 6.07) is 11.1. The molecule has 1 aromatic carbocycles. The molecule has 0 unspecified atom stereocenters. The molecule has 1 aromatic rings. The number of benzene rings is 1. The van der Waals surface area contributed by atoms with Crippen molar-refractivity contribution in [1.29, 1.82) is 0 Å².